The number of nitrogens with one attached hydrogen (secondary N) is 2. The second kappa shape index (κ2) is 13.9. The van der Waals surface area contributed by atoms with Crippen molar-refractivity contribution in [3.05, 3.63) is 76.6 Å². The van der Waals surface area contributed by atoms with E-state index >= 15 is 0 Å². The first kappa shape index (κ1) is 32.3. The van der Waals surface area contributed by atoms with Crippen LogP contribution in [0.3, 0.4) is 0 Å². The summed E-state index contributed by atoms with van der Waals surface area (Å²) in [5.41, 5.74) is 1.54. The zero-order valence-corrected chi connectivity index (χ0v) is 26.3. The number of carbonyl (C=O) groups is 2. The fraction of sp³-hybridized carbons (Fsp3) is 0.355. The van der Waals surface area contributed by atoms with E-state index in [1.54, 1.807) is 30.3 Å². The lowest BCUT2D eigenvalue weighted by atomic mass is 10.0. The van der Waals surface area contributed by atoms with Gasteiger partial charge in [0.1, 0.15) is 28.3 Å². The van der Waals surface area contributed by atoms with Crippen LogP contribution in [0, 0.1) is 5.82 Å². The molecule has 0 aromatic heterocycles. The number of methoxy groups -OCH3 is 2. The first-order chi connectivity index (χ1) is 21.6. The number of fused-ring (bicyclic) bond motifs is 9. The molecule has 0 saturated carbocycles. The van der Waals surface area contributed by atoms with Crippen LogP contribution in [-0.4, -0.2) is 70.6 Å². The van der Waals surface area contributed by atoms with Crippen molar-refractivity contribution in [3.8, 4) is 23.0 Å². The number of amides is 2. The average molecular weight is 662 g/mol. The molecule has 3 aromatic carbocycles. The molecule has 4 bridgehead atoms. The average Bonchev–Trinajstić information content (AvgIpc) is 3.02. The highest BCUT2D eigenvalue weighted by atomic mass is 35.5. The molecular formula is C31H33ClFN3O8S. The Morgan fingerprint density at radius 2 is 1.78 bits per heavy atom. The highest BCUT2D eigenvalue weighted by Crippen LogP contribution is 2.32. The van der Waals surface area contributed by atoms with Gasteiger partial charge in [-0.05, 0) is 54.4 Å². The van der Waals surface area contributed by atoms with Crippen molar-refractivity contribution in [2.45, 2.75) is 42.8 Å². The summed E-state index contributed by atoms with van der Waals surface area (Å²) >= 11 is 6.11. The van der Waals surface area contributed by atoms with Crippen LogP contribution in [-0.2, 0) is 32.6 Å². The number of piperidine rings is 1. The van der Waals surface area contributed by atoms with Gasteiger partial charge in [-0.15, -0.1) is 0 Å². The van der Waals surface area contributed by atoms with E-state index in [2.05, 4.69) is 10.6 Å². The van der Waals surface area contributed by atoms with Gasteiger partial charge in [-0.2, -0.15) is 4.31 Å². The lowest BCUT2D eigenvalue weighted by Gasteiger charge is -2.38. The van der Waals surface area contributed by atoms with E-state index in [-0.39, 0.29) is 48.3 Å². The molecule has 0 radical (unpaired) electrons. The number of nitrogens with zero attached hydrogens (tertiary/aromatic N) is 1. The Bertz CT molecular complexity index is 1690. The van der Waals surface area contributed by atoms with Crippen LogP contribution < -0.4 is 29.6 Å². The summed E-state index contributed by atoms with van der Waals surface area (Å²) in [5, 5.41) is 5.53. The van der Waals surface area contributed by atoms with Crippen LogP contribution >= 0.6 is 11.6 Å². The molecule has 45 heavy (non-hydrogen) atoms. The Morgan fingerprint density at radius 1 is 0.978 bits per heavy atom. The molecule has 3 aliphatic rings. The molecule has 6 rings (SSSR count). The molecule has 0 spiro atoms. The first-order valence-corrected chi connectivity index (χ1v) is 16.0. The minimum Gasteiger partial charge on any atom is -0.496 e. The van der Waals surface area contributed by atoms with Gasteiger partial charge in [0.05, 0.1) is 25.3 Å². The second-order valence-electron chi connectivity index (χ2n) is 10.6. The van der Waals surface area contributed by atoms with Gasteiger partial charge in [0, 0.05) is 44.1 Å². The maximum atomic E-state index is 13.7. The van der Waals surface area contributed by atoms with Crippen molar-refractivity contribution in [3.63, 3.8) is 0 Å². The molecule has 2 atom stereocenters. The molecule has 3 aliphatic heterocycles. The maximum Gasteiger partial charge on any atom is 0.258 e. The monoisotopic (exact) mass is 661 g/mol. The Hall–Kier alpha value is -4.07. The molecule has 2 amide bonds. The zero-order valence-electron chi connectivity index (χ0n) is 24.7. The number of benzene rings is 3. The standard InChI is InChI=1S/C31H33ClFN3O8S/c1-41-26-8-3-19-4-10-30(37)34-16-20-5-7-22(15-27(20)42-2)44-25-11-12-36(17-24(25)35-31(38)18-43-28(26)13-19)45(39,40)29-9-6-21(33)14-23(29)32/h3,5-9,13-15,24-25H,4,10-12,16-18H2,1-2H3,(H,34,37)(H,35,38)/t24-,25+/m1/s1. The molecule has 0 aliphatic carbocycles. The van der Waals surface area contributed by atoms with Gasteiger partial charge in [0.25, 0.3) is 5.91 Å². The largest absolute Gasteiger partial charge is 0.496 e. The predicted molar refractivity (Wildman–Crippen MR) is 163 cm³/mol. The second-order valence-corrected chi connectivity index (χ2v) is 12.9. The molecule has 1 fully saturated rings. The van der Waals surface area contributed by atoms with Gasteiger partial charge in [-0.3, -0.25) is 9.59 Å². The molecule has 2 N–H and O–H groups in total. The number of sulfonamides is 1. The molecular weight excluding hydrogens is 629 g/mol. The van der Waals surface area contributed by atoms with E-state index in [1.807, 2.05) is 6.07 Å². The van der Waals surface area contributed by atoms with Crippen molar-refractivity contribution in [1.82, 2.24) is 14.9 Å². The predicted octanol–water partition coefficient (Wildman–Crippen LogP) is 3.46. The summed E-state index contributed by atoms with van der Waals surface area (Å²) in [5.74, 6) is 0.304. The fourth-order valence-corrected chi connectivity index (χ4v) is 7.25. The molecule has 240 valence electrons. The molecule has 3 heterocycles. The molecule has 14 heteroatoms. The molecule has 3 aromatic rings. The molecule has 0 unspecified atom stereocenters. The van der Waals surface area contributed by atoms with Gasteiger partial charge in [-0.25, -0.2) is 12.8 Å². The Labute approximate surface area is 265 Å². The number of carbonyl (C=O) groups excluding carboxylic acids is 2. The van der Waals surface area contributed by atoms with E-state index < -0.39 is 40.5 Å². The van der Waals surface area contributed by atoms with Gasteiger partial charge in [-0.1, -0.05) is 17.7 Å². The van der Waals surface area contributed by atoms with Crippen molar-refractivity contribution >= 4 is 33.4 Å². The lowest BCUT2D eigenvalue weighted by Crippen LogP contribution is -2.58. The first-order valence-electron chi connectivity index (χ1n) is 14.2. The van der Waals surface area contributed by atoms with Crippen LogP contribution in [0.15, 0.2) is 59.5 Å². The smallest absolute Gasteiger partial charge is 0.258 e. The number of halogens is 2. The van der Waals surface area contributed by atoms with Crippen LogP contribution in [0.25, 0.3) is 0 Å². The third-order valence-electron chi connectivity index (χ3n) is 7.62. The van der Waals surface area contributed by atoms with E-state index in [0.29, 0.717) is 29.4 Å². The summed E-state index contributed by atoms with van der Waals surface area (Å²) < 4.78 is 65.0. The maximum absolute atomic E-state index is 13.7. The van der Waals surface area contributed by atoms with Gasteiger partial charge in [0.15, 0.2) is 18.1 Å². The Morgan fingerprint density at radius 3 is 2.53 bits per heavy atom. The molecule has 11 nitrogen and oxygen atoms in total. The highest BCUT2D eigenvalue weighted by molar-refractivity contribution is 7.89. The summed E-state index contributed by atoms with van der Waals surface area (Å²) in [7, 11) is -1.16. The summed E-state index contributed by atoms with van der Waals surface area (Å²) in [4.78, 5) is 25.6. The van der Waals surface area contributed by atoms with Crippen LogP contribution in [0.5, 0.6) is 23.0 Å². The number of rotatable bonds is 4. The number of ether oxygens (including phenoxy) is 4. The summed E-state index contributed by atoms with van der Waals surface area (Å²) in [6.07, 6.45) is 0.218. The van der Waals surface area contributed by atoms with Gasteiger partial charge >= 0.3 is 0 Å². The molecule has 1 saturated heterocycles. The fourth-order valence-electron chi connectivity index (χ4n) is 5.26. The van der Waals surface area contributed by atoms with E-state index in [1.165, 1.54) is 18.5 Å². The third-order valence-corrected chi connectivity index (χ3v) is 9.97. The van der Waals surface area contributed by atoms with Gasteiger partial charge < -0.3 is 29.6 Å². The Kier molecular flexibility index (Phi) is 10.0. The van der Waals surface area contributed by atoms with E-state index in [4.69, 9.17) is 30.5 Å². The lowest BCUT2D eigenvalue weighted by molar-refractivity contribution is -0.125. The minimum absolute atomic E-state index is 0.0504. The number of hydrogen-bond donors (Lipinski definition) is 2. The topological polar surface area (TPSA) is 132 Å². The third kappa shape index (κ3) is 7.60. The quantitative estimate of drug-likeness (QED) is 0.435. The number of hydrogen-bond acceptors (Lipinski definition) is 8. The summed E-state index contributed by atoms with van der Waals surface area (Å²) in [6, 6.07) is 12.7. The van der Waals surface area contributed by atoms with Crippen molar-refractivity contribution in [2.75, 3.05) is 33.9 Å². The summed E-state index contributed by atoms with van der Waals surface area (Å²) in [6.45, 7) is -0.260. The SMILES string of the molecule is COc1cc2ccc1CNC(=O)CCc1ccc(OC)c(c1)OCC(=O)N[C@@H]1CN(S(=O)(=O)c3ccc(F)cc3Cl)CC[C@@H]1O2. The van der Waals surface area contributed by atoms with Crippen LogP contribution in [0.1, 0.15) is 24.0 Å². The van der Waals surface area contributed by atoms with Crippen molar-refractivity contribution in [1.29, 1.82) is 0 Å². The normalized spacial score (nSPS) is 19.8. The Balaban J connectivity index is 1.45. The number of aryl methyl sites for hydroxylation is 1. The minimum atomic E-state index is -4.14. The van der Waals surface area contributed by atoms with Crippen LogP contribution in [0.4, 0.5) is 4.39 Å². The highest BCUT2D eigenvalue weighted by Gasteiger charge is 2.38. The van der Waals surface area contributed by atoms with E-state index in [9.17, 15) is 22.4 Å². The van der Waals surface area contributed by atoms with E-state index in [0.717, 1.165) is 29.3 Å². The van der Waals surface area contributed by atoms with Crippen molar-refractivity contribution < 1.29 is 41.3 Å². The van der Waals surface area contributed by atoms with Gasteiger partial charge in [0.2, 0.25) is 15.9 Å². The zero-order chi connectivity index (χ0) is 32.1. The van der Waals surface area contributed by atoms with Crippen LogP contribution in [0.2, 0.25) is 5.02 Å². The van der Waals surface area contributed by atoms with Crippen molar-refractivity contribution in [2.24, 2.45) is 0 Å².